The van der Waals surface area contributed by atoms with Crippen LogP contribution in [0.4, 0.5) is 0 Å². The number of carboxylic acids is 1. The molecule has 0 bridgehead atoms. The average Bonchev–Trinajstić information content (AvgIpc) is 2.63. The highest BCUT2D eigenvalue weighted by molar-refractivity contribution is 5.89. The standard InChI is InChI=1S/C16H25NO2/c1-11-5-4-6-14(9-11)7-8-17-12(2)10-15(13(17)3)16(18)19/h10-11,14H,4-9H2,1-3H3,(H,18,19). The van der Waals surface area contributed by atoms with E-state index in [2.05, 4.69) is 11.5 Å². The molecule has 3 nitrogen and oxygen atoms in total. The van der Waals surface area contributed by atoms with E-state index in [-0.39, 0.29) is 0 Å². The van der Waals surface area contributed by atoms with E-state index in [1.54, 1.807) is 6.07 Å². The first-order chi connectivity index (χ1) is 8.99. The lowest BCUT2D eigenvalue weighted by Gasteiger charge is -2.27. The van der Waals surface area contributed by atoms with Crippen molar-refractivity contribution in [1.29, 1.82) is 0 Å². The van der Waals surface area contributed by atoms with Gasteiger partial charge in [-0.3, -0.25) is 0 Å². The van der Waals surface area contributed by atoms with Gasteiger partial charge >= 0.3 is 5.97 Å². The lowest BCUT2D eigenvalue weighted by molar-refractivity contribution is 0.0696. The Labute approximate surface area is 115 Å². The highest BCUT2D eigenvalue weighted by atomic mass is 16.4. The molecule has 2 atom stereocenters. The molecule has 0 spiro atoms. The molecule has 1 fully saturated rings. The van der Waals surface area contributed by atoms with Gasteiger partial charge in [-0.05, 0) is 44.6 Å². The molecule has 0 amide bonds. The number of carboxylic acid groups (broad SMARTS) is 1. The maximum Gasteiger partial charge on any atom is 0.337 e. The molecule has 2 unspecified atom stereocenters. The van der Waals surface area contributed by atoms with E-state index in [4.69, 9.17) is 5.11 Å². The van der Waals surface area contributed by atoms with Gasteiger partial charge in [0.05, 0.1) is 5.56 Å². The predicted molar refractivity (Wildman–Crippen MR) is 76.6 cm³/mol. The maximum absolute atomic E-state index is 11.1. The number of rotatable bonds is 4. The zero-order valence-corrected chi connectivity index (χ0v) is 12.3. The van der Waals surface area contributed by atoms with Crippen LogP contribution in [-0.2, 0) is 6.54 Å². The Hall–Kier alpha value is -1.25. The zero-order chi connectivity index (χ0) is 14.0. The van der Waals surface area contributed by atoms with Crippen LogP contribution < -0.4 is 0 Å². The van der Waals surface area contributed by atoms with Crippen LogP contribution >= 0.6 is 0 Å². The first-order valence-electron chi connectivity index (χ1n) is 7.39. The number of carbonyl (C=O) groups is 1. The van der Waals surface area contributed by atoms with Crippen LogP contribution in [0, 0.1) is 25.7 Å². The quantitative estimate of drug-likeness (QED) is 0.891. The van der Waals surface area contributed by atoms with Crippen molar-refractivity contribution in [3.05, 3.63) is 23.0 Å². The van der Waals surface area contributed by atoms with Crippen molar-refractivity contribution in [2.45, 2.75) is 59.4 Å². The SMILES string of the molecule is Cc1cc(C(=O)O)c(C)n1CCC1CCCC(C)C1. The third kappa shape index (κ3) is 3.20. The molecule has 0 saturated heterocycles. The summed E-state index contributed by atoms with van der Waals surface area (Å²) >= 11 is 0. The third-order valence-electron chi connectivity index (χ3n) is 4.61. The fourth-order valence-corrected chi connectivity index (χ4v) is 3.50. The van der Waals surface area contributed by atoms with Crippen LogP contribution in [0.15, 0.2) is 6.07 Å². The predicted octanol–water partition coefficient (Wildman–Crippen LogP) is 4.02. The fraction of sp³-hybridized carbons (Fsp3) is 0.688. The second-order valence-electron chi connectivity index (χ2n) is 6.17. The van der Waals surface area contributed by atoms with Crippen molar-refractivity contribution in [1.82, 2.24) is 4.57 Å². The number of aromatic carboxylic acids is 1. The number of aromatic nitrogens is 1. The second kappa shape index (κ2) is 5.81. The van der Waals surface area contributed by atoms with Gasteiger partial charge in [0.25, 0.3) is 0 Å². The Morgan fingerprint density at radius 2 is 2.16 bits per heavy atom. The number of aryl methyl sites for hydroxylation is 1. The molecule has 1 aliphatic carbocycles. The van der Waals surface area contributed by atoms with Gasteiger partial charge in [0.15, 0.2) is 0 Å². The molecule has 1 aliphatic rings. The molecule has 0 radical (unpaired) electrons. The van der Waals surface area contributed by atoms with Gasteiger partial charge in [0.1, 0.15) is 0 Å². The third-order valence-corrected chi connectivity index (χ3v) is 4.61. The van der Waals surface area contributed by atoms with Crippen molar-refractivity contribution in [2.24, 2.45) is 11.8 Å². The Morgan fingerprint density at radius 3 is 2.74 bits per heavy atom. The Morgan fingerprint density at radius 1 is 1.42 bits per heavy atom. The van der Waals surface area contributed by atoms with Gasteiger partial charge in [-0.25, -0.2) is 4.79 Å². The first kappa shape index (κ1) is 14.2. The fourth-order valence-electron chi connectivity index (χ4n) is 3.50. The van der Waals surface area contributed by atoms with Crippen molar-refractivity contribution in [2.75, 3.05) is 0 Å². The monoisotopic (exact) mass is 263 g/mol. The van der Waals surface area contributed by atoms with E-state index in [1.165, 1.54) is 32.1 Å². The summed E-state index contributed by atoms with van der Waals surface area (Å²) < 4.78 is 2.17. The van der Waals surface area contributed by atoms with Gasteiger partial charge in [0, 0.05) is 17.9 Å². The maximum atomic E-state index is 11.1. The lowest BCUT2D eigenvalue weighted by Crippen LogP contribution is -2.16. The topological polar surface area (TPSA) is 42.2 Å². The van der Waals surface area contributed by atoms with Crippen molar-refractivity contribution < 1.29 is 9.90 Å². The number of hydrogen-bond donors (Lipinski definition) is 1. The van der Waals surface area contributed by atoms with Crippen LogP contribution in [0.5, 0.6) is 0 Å². The summed E-state index contributed by atoms with van der Waals surface area (Å²) in [6, 6.07) is 1.79. The van der Waals surface area contributed by atoms with Crippen LogP contribution in [0.25, 0.3) is 0 Å². The van der Waals surface area contributed by atoms with E-state index in [0.717, 1.165) is 29.8 Å². The Kier molecular flexibility index (Phi) is 4.33. The molecule has 19 heavy (non-hydrogen) atoms. The molecule has 1 aromatic rings. The molecule has 0 aliphatic heterocycles. The largest absolute Gasteiger partial charge is 0.478 e. The minimum absolute atomic E-state index is 0.453. The highest BCUT2D eigenvalue weighted by Crippen LogP contribution is 2.31. The first-order valence-corrected chi connectivity index (χ1v) is 7.39. The highest BCUT2D eigenvalue weighted by Gasteiger charge is 2.20. The molecule has 0 aromatic carbocycles. The van der Waals surface area contributed by atoms with E-state index in [1.807, 2.05) is 13.8 Å². The summed E-state index contributed by atoms with van der Waals surface area (Å²) in [7, 11) is 0. The van der Waals surface area contributed by atoms with Gasteiger partial charge < -0.3 is 9.67 Å². The van der Waals surface area contributed by atoms with E-state index in [9.17, 15) is 4.79 Å². The van der Waals surface area contributed by atoms with E-state index >= 15 is 0 Å². The summed E-state index contributed by atoms with van der Waals surface area (Å²) in [5.74, 6) is 0.865. The van der Waals surface area contributed by atoms with Gasteiger partial charge in [-0.1, -0.05) is 26.2 Å². The van der Waals surface area contributed by atoms with Crippen LogP contribution in [-0.4, -0.2) is 15.6 Å². The van der Waals surface area contributed by atoms with Crippen LogP contribution in [0.1, 0.15) is 60.8 Å². The normalized spacial score (nSPS) is 23.5. The summed E-state index contributed by atoms with van der Waals surface area (Å²) in [6.45, 7) is 7.23. The summed E-state index contributed by atoms with van der Waals surface area (Å²) in [5.41, 5.74) is 2.42. The number of nitrogens with zero attached hydrogens (tertiary/aromatic N) is 1. The smallest absolute Gasteiger partial charge is 0.337 e. The van der Waals surface area contributed by atoms with E-state index < -0.39 is 5.97 Å². The van der Waals surface area contributed by atoms with Gasteiger partial charge in [-0.2, -0.15) is 0 Å². The molecule has 1 heterocycles. The summed E-state index contributed by atoms with van der Waals surface area (Å²) in [5, 5.41) is 9.14. The van der Waals surface area contributed by atoms with Crippen molar-refractivity contribution >= 4 is 5.97 Å². The Balaban J connectivity index is 2.01. The minimum Gasteiger partial charge on any atom is -0.478 e. The second-order valence-corrected chi connectivity index (χ2v) is 6.17. The molecule has 1 aromatic heterocycles. The molecule has 1 saturated carbocycles. The van der Waals surface area contributed by atoms with Crippen LogP contribution in [0.3, 0.4) is 0 Å². The molecule has 3 heteroatoms. The molecular weight excluding hydrogens is 238 g/mol. The molecule has 2 rings (SSSR count). The van der Waals surface area contributed by atoms with Crippen LogP contribution in [0.2, 0.25) is 0 Å². The minimum atomic E-state index is -0.814. The average molecular weight is 263 g/mol. The summed E-state index contributed by atoms with van der Waals surface area (Å²) in [4.78, 5) is 11.1. The van der Waals surface area contributed by atoms with Crippen molar-refractivity contribution in [3.8, 4) is 0 Å². The van der Waals surface area contributed by atoms with Gasteiger partial charge in [0.2, 0.25) is 0 Å². The number of hydrogen-bond acceptors (Lipinski definition) is 1. The zero-order valence-electron chi connectivity index (χ0n) is 12.3. The summed E-state index contributed by atoms with van der Waals surface area (Å²) in [6.07, 6.45) is 6.59. The molecular formula is C16H25NO2. The van der Waals surface area contributed by atoms with Gasteiger partial charge in [-0.15, -0.1) is 0 Å². The molecule has 106 valence electrons. The Bertz CT molecular complexity index is 462. The van der Waals surface area contributed by atoms with Crippen molar-refractivity contribution in [3.63, 3.8) is 0 Å². The lowest BCUT2D eigenvalue weighted by atomic mass is 9.81. The van der Waals surface area contributed by atoms with E-state index in [0.29, 0.717) is 5.56 Å². The molecule has 1 N–H and O–H groups in total.